The number of hydrogen-bond acceptors (Lipinski definition) is 8. The van der Waals surface area contributed by atoms with Crippen molar-refractivity contribution in [3.05, 3.63) is 70.5 Å². The van der Waals surface area contributed by atoms with Crippen molar-refractivity contribution in [2.45, 2.75) is 51.7 Å². The molecule has 0 fully saturated rings. The Bertz CT molecular complexity index is 1170. The van der Waals surface area contributed by atoms with Crippen molar-refractivity contribution < 1.29 is 19.2 Å². The van der Waals surface area contributed by atoms with E-state index < -0.39 is 23.1 Å². The number of aromatic nitrogens is 2. The van der Waals surface area contributed by atoms with Gasteiger partial charge in [-0.3, -0.25) is 0 Å². The van der Waals surface area contributed by atoms with E-state index in [1.54, 1.807) is 12.2 Å². The molecule has 1 aromatic heterocycles. The second-order valence-electron chi connectivity index (χ2n) is 8.16. The molecule has 35 heavy (non-hydrogen) atoms. The van der Waals surface area contributed by atoms with Crippen LogP contribution in [0.2, 0.25) is 0 Å². The van der Waals surface area contributed by atoms with Gasteiger partial charge in [-0.15, -0.1) is 21.5 Å². The van der Waals surface area contributed by atoms with Crippen LogP contribution in [0.25, 0.3) is 10.6 Å². The number of benzene rings is 1. The lowest BCUT2D eigenvalue weighted by atomic mass is 10.0. The van der Waals surface area contributed by atoms with Gasteiger partial charge in [0.1, 0.15) is 21.8 Å². The Morgan fingerprint density at radius 2 is 2.26 bits per heavy atom. The standard InChI is InChI=1S/C25H28N4O4S2/c1-4-5-9-22(33-16(2)3)17(14-26)10-13-23-27-28-25(34-23)20-8-6-7-19-18(20)11-12-21(19)29-35(32)15-24(30)31/h4,6-10,16,21,29H,1,5,11-13,15H2,2-3H3,(H,30,31)/b17-10-,22-9+. The van der Waals surface area contributed by atoms with Crippen LogP contribution in [0.15, 0.2) is 54.3 Å². The summed E-state index contributed by atoms with van der Waals surface area (Å²) in [6.45, 7) is 7.54. The highest BCUT2D eigenvalue weighted by molar-refractivity contribution is 7.90. The van der Waals surface area contributed by atoms with Gasteiger partial charge in [0.25, 0.3) is 0 Å². The SMILES string of the molecule is C=CC/C=C(OC(C)C)\C(C#N)=C/Cc1nnc(-c2cccc3c2CCC3N[S+]([O-])CC(=O)O)s1. The zero-order valence-corrected chi connectivity index (χ0v) is 21.3. The third-order valence-electron chi connectivity index (χ3n) is 5.20. The molecule has 184 valence electrons. The zero-order valence-electron chi connectivity index (χ0n) is 19.7. The molecule has 2 N–H and O–H groups in total. The highest BCUT2D eigenvalue weighted by Crippen LogP contribution is 2.39. The summed E-state index contributed by atoms with van der Waals surface area (Å²) in [5.41, 5.74) is 3.53. The van der Waals surface area contributed by atoms with Crippen molar-refractivity contribution in [3.63, 3.8) is 0 Å². The molecular weight excluding hydrogens is 484 g/mol. The van der Waals surface area contributed by atoms with E-state index in [-0.39, 0.29) is 12.1 Å². The first-order valence-corrected chi connectivity index (χ1v) is 13.3. The minimum atomic E-state index is -1.64. The minimum Gasteiger partial charge on any atom is -0.598 e. The predicted octanol–water partition coefficient (Wildman–Crippen LogP) is 4.41. The van der Waals surface area contributed by atoms with Crippen molar-refractivity contribution in [3.8, 4) is 16.6 Å². The zero-order chi connectivity index (χ0) is 25.4. The summed E-state index contributed by atoms with van der Waals surface area (Å²) in [5.74, 6) is -1.00. The van der Waals surface area contributed by atoms with Crippen LogP contribution < -0.4 is 4.72 Å². The van der Waals surface area contributed by atoms with Crippen LogP contribution in [-0.2, 0) is 33.7 Å². The molecule has 0 radical (unpaired) electrons. The Morgan fingerprint density at radius 1 is 1.46 bits per heavy atom. The topological polar surface area (TPSA) is 131 Å². The number of hydrogen-bond donors (Lipinski definition) is 2. The lowest BCUT2D eigenvalue weighted by molar-refractivity contribution is -0.134. The second kappa shape index (κ2) is 12.7. The van der Waals surface area contributed by atoms with Gasteiger partial charge < -0.3 is 14.4 Å². The number of ether oxygens (including phenoxy) is 1. The number of allylic oxidation sites excluding steroid dienone is 4. The van der Waals surface area contributed by atoms with Gasteiger partial charge in [0.05, 0.1) is 29.1 Å². The molecule has 1 aliphatic carbocycles. The van der Waals surface area contributed by atoms with E-state index in [9.17, 15) is 14.6 Å². The molecule has 0 spiro atoms. The first-order chi connectivity index (χ1) is 16.8. The van der Waals surface area contributed by atoms with E-state index in [0.717, 1.165) is 39.5 Å². The van der Waals surface area contributed by atoms with Gasteiger partial charge in [0, 0.05) is 12.0 Å². The fourth-order valence-electron chi connectivity index (χ4n) is 3.79. The molecule has 3 rings (SSSR count). The summed E-state index contributed by atoms with van der Waals surface area (Å²) in [4.78, 5) is 10.8. The maximum Gasteiger partial charge on any atom is 0.355 e. The van der Waals surface area contributed by atoms with Crippen LogP contribution >= 0.6 is 11.3 Å². The summed E-state index contributed by atoms with van der Waals surface area (Å²) in [6, 6.07) is 7.92. The number of fused-ring (bicyclic) bond motifs is 1. The van der Waals surface area contributed by atoms with Gasteiger partial charge in [-0.25, -0.2) is 4.79 Å². The van der Waals surface area contributed by atoms with Gasteiger partial charge in [-0.1, -0.05) is 41.7 Å². The predicted molar refractivity (Wildman–Crippen MR) is 137 cm³/mol. The molecule has 2 unspecified atom stereocenters. The van der Waals surface area contributed by atoms with E-state index in [0.29, 0.717) is 24.2 Å². The number of rotatable bonds is 12. The molecule has 1 heterocycles. The van der Waals surface area contributed by atoms with Gasteiger partial charge in [0.15, 0.2) is 0 Å². The van der Waals surface area contributed by atoms with Crippen LogP contribution in [0.4, 0.5) is 0 Å². The van der Waals surface area contributed by atoms with Crippen molar-refractivity contribution in [2.24, 2.45) is 0 Å². The monoisotopic (exact) mass is 512 g/mol. The second-order valence-corrected chi connectivity index (χ2v) is 10.4. The van der Waals surface area contributed by atoms with Crippen LogP contribution in [0.3, 0.4) is 0 Å². The van der Waals surface area contributed by atoms with Crippen molar-refractivity contribution >= 4 is 28.7 Å². The Labute approximate surface area is 212 Å². The highest BCUT2D eigenvalue weighted by atomic mass is 32.2. The summed E-state index contributed by atoms with van der Waals surface area (Å²) in [7, 11) is 0. The molecule has 2 aromatic rings. The number of carboxylic acid groups (broad SMARTS) is 1. The smallest absolute Gasteiger partial charge is 0.355 e. The fourth-order valence-corrected chi connectivity index (χ4v) is 5.52. The van der Waals surface area contributed by atoms with E-state index in [2.05, 4.69) is 27.6 Å². The van der Waals surface area contributed by atoms with Crippen LogP contribution in [-0.4, -0.2) is 37.7 Å². The molecule has 0 saturated heterocycles. The number of aliphatic carboxylic acids is 1. The maximum absolute atomic E-state index is 12.0. The number of nitrogens with one attached hydrogen (secondary N) is 1. The Balaban J connectivity index is 1.77. The third-order valence-corrected chi connectivity index (χ3v) is 7.23. The molecule has 1 aliphatic rings. The Hall–Kier alpha value is -2.97. The normalized spacial score (nSPS) is 16.6. The van der Waals surface area contributed by atoms with Gasteiger partial charge in [-0.05, 0) is 50.3 Å². The summed E-state index contributed by atoms with van der Waals surface area (Å²) in [6.07, 6.45) is 7.87. The first kappa shape index (κ1) is 26.6. The minimum absolute atomic E-state index is 0.0593. The van der Waals surface area contributed by atoms with E-state index >= 15 is 0 Å². The van der Waals surface area contributed by atoms with E-state index in [1.807, 2.05) is 38.1 Å². The summed E-state index contributed by atoms with van der Waals surface area (Å²) < 4.78 is 20.8. The molecule has 10 heteroatoms. The highest BCUT2D eigenvalue weighted by Gasteiger charge is 2.29. The Morgan fingerprint density at radius 3 is 2.94 bits per heavy atom. The lowest BCUT2D eigenvalue weighted by Gasteiger charge is -2.16. The third kappa shape index (κ3) is 7.26. The largest absolute Gasteiger partial charge is 0.598 e. The first-order valence-electron chi connectivity index (χ1n) is 11.2. The molecule has 0 saturated carbocycles. The van der Waals surface area contributed by atoms with Crippen molar-refractivity contribution in [2.75, 3.05) is 5.75 Å². The Kier molecular flexibility index (Phi) is 9.63. The average molecular weight is 513 g/mol. The number of nitriles is 1. The number of carbonyl (C=O) groups is 1. The van der Waals surface area contributed by atoms with E-state index in [4.69, 9.17) is 9.84 Å². The molecule has 1 aromatic carbocycles. The van der Waals surface area contributed by atoms with Gasteiger partial charge in [-0.2, -0.15) is 5.26 Å². The summed E-state index contributed by atoms with van der Waals surface area (Å²) >= 11 is -0.180. The van der Waals surface area contributed by atoms with Gasteiger partial charge in [0.2, 0.25) is 5.75 Å². The molecule has 0 amide bonds. The lowest BCUT2D eigenvalue weighted by Crippen LogP contribution is -2.32. The molecule has 0 bridgehead atoms. The maximum atomic E-state index is 12.0. The van der Waals surface area contributed by atoms with Crippen LogP contribution in [0, 0.1) is 11.3 Å². The molecular formula is C25H28N4O4S2. The average Bonchev–Trinajstić information content (AvgIpc) is 3.44. The molecule has 0 aliphatic heterocycles. The molecule has 8 nitrogen and oxygen atoms in total. The molecule has 2 atom stereocenters. The van der Waals surface area contributed by atoms with Crippen LogP contribution in [0.1, 0.15) is 48.9 Å². The number of nitrogens with zero attached hydrogens (tertiary/aromatic N) is 3. The summed E-state index contributed by atoms with van der Waals surface area (Å²) in [5, 5.41) is 28.8. The quantitative estimate of drug-likeness (QED) is 0.141. The number of carboxylic acids is 1. The van der Waals surface area contributed by atoms with E-state index in [1.165, 1.54) is 11.3 Å². The van der Waals surface area contributed by atoms with Crippen molar-refractivity contribution in [1.82, 2.24) is 14.9 Å². The fraction of sp³-hybridized carbons (Fsp3) is 0.360. The van der Waals surface area contributed by atoms with Gasteiger partial charge >= 0.3 is 5.97 Å². The van der Waals surface area contributed by atoms with Crippen molar-refractivity contribution in [1.29, 1.82) is 5.26 Å². The van der Waals surface area contributed by atoms with Crippen LogP contribution in [0.5, 0.6) is 0 Å².